The van der Waals surface area contributed by atoms with Crippen molar-refractivity contribution in [3.05, 3.63) is 53.7 Å². The van der Waals surface area contributed by atoms with Crippen LogP contribution in [0.4, 0.5) is 5.13 Å². The van der Waals surface area contributed by atoms with E-state index in [1.165, 1.54) is 11.3 Å². The molecule has 4 aromatic rings. The first-order chi connectivity index (χ1) is 10.8. The Morgan fingerprint density at radius 1 is 1.27 bits per heavy atom. The third kappa shape index (κ3) is 2.17. The summed E-state index contributed by atoms with van der Waals surface area (Å²) in [5, 5.41) is 5.13. The fourth-order valence-corrected chi connectivity index (χ4v) is 2.72. The number of aromatic amines is 1. The number of H-pyrrole nitrogens is 1. The van der Waals surface area contributed by atoms with Crippen molar-refractivity contribution in [1.29, 1.82) is 0 Å². The minimum absolute atomic E-state index is 0.238. The first-order valence-corrected chi connectivity index (χ1v) is 7.43. The molecule has 0 radical (unpaired) electrons. The van der Waals surface area contributed by atoms with Crippen molar-refractivity contribution in [3.8, 4) is 11.6 Å². The van der Waals surface area contributed by atoms with E-state index in [1.54, 1.807) is 30.0 Å². The van der Waals surface area contributed by atoms with Gasteiger partial charge in [0.1, 0.15) is 5.52 Å². The van der Waals surface area contributed by atoms with Crippen LogP contribution in [0.1, 0.15) is 10.4 Å². The zero-order valence-electron chi connectivity index (χ0n) is 11.2. The quantitative estimate of drug-likeness (QED) is 0.606. The summed E-state index contributed by atoms with van der Waals surface area (Å²) in [6, 6.07) is 9.02. The summed E-state index contributed by atoms with van der Waals surface area (Å²) < 4.78 is 5.33. The van der Waals surface area contributed by atoms with Crippen molar-refractivity contribution >= 4 is 33.4 Å². The Balaban J connectivity index is 1.76. The van der Waals surface area contributed by atoms with Gasteiger partial charge < -0.3 is 9.40 Å². The van der Waals surface area contributed by atoms with Crippen LogP contribution in [0.2, 0.25) is 0 Å². The molecule has 3 aromatic heterocycles. The van der Waals surface area contributed by atoms with Crippen molar-refractivity contribution in [2.75, 3.05) is 5.32 Å². The molecule has 1 amide bonds. The number of amides is 1. The molecule has 2 N–H and O–H groups in total. The fourth-order valence-electron chi connectivity index (χ4n) is 2.20. The number of furan rings is 1. The third-order valence-corrected chi connectivity index (χ3v) is 3.85. The molecule has 7 heteroatoms. The lowest BCUT2D eigenvalue weighted by molar-refractivity contribution is 0.102. The van der Waals surface area contributed by atoms with Crippen molar-refractivity contribution in [1.82, 2.24) is 15.0 Å². The zero-order valence-corrected chi connectivity index (χ0v) is 12.1. The van der Waals surface area contributed by atoms with Gasteiger partial charge in [0.15, 0.2) is 16.7 Å². The summed E-state index contributed by atoms with van der Waals surface area (Å²) in [5.74, 6) is 0.982. The van der Waals surface area contributed by atoms with Gasteiger partial charge in [-0.15, -0.1) is 11.3 Å². The van der Waals surface area contributed by atoms with Gasteiger partial charge in [-0.25, -0.2) is 9.97 Å². The molecule has 108 valence electrons. The number of thiazole rings is 1. The van der Waals surface area contributed by atoms with Crippen LogP contribution in [-0.4, -0.2) is 20.9 Å². The molecule has 0 bridgehead atoms. The predicted molar refractivity (Wildman–Crippen MR) is 83.9 cm³/mol. The van der Waals surface area contributed by atoms with Gasteiger partial charge in [-0.2, -0.15) is 0 Å². The number of nitrogens with one attached hydrogen (secondary N) is 2. The van der Waals surface area contributed by atoms with Gasteiger partial charge in [0, 0.05) is 11.6 Å². The van der Waals surface area contributed by atoms with E-state index < -0.39 is 0 Å². The summed E-state index contributed by atoms with van der Waals surface area (Å²) >= 11 is 1.37. The Hall–Kier alpha value is -2.93. The number of anilines is 1. The fraction of sp³-hybridized carbons (Fsp3) is 0. The molecular formula is C15H10N4O2S. The molecular weight excluding hydrogens is 300 g/mol. The molecule has 0 aliphatic rings. The number of carbonyl (C=O) groups is 1. The largest absolute Gasteiger partial charge is 0.461 e. The minimum atomic E-state index is -0.238. The lowest BCUT2D eigenvalue weighted by atomic mass is 10.2. The molecule has 0 aliphatic carbocycles. The number of nitrogens with zero attached hydrogens (tertiary/aromatic N) is 2. The van der Waals surface area contributed by atoms with E-state index >= 15 is 0 Å². The van der Waals surface area contributed by atoms with Crippen LogP contribution < -0.4 is 5.32 Å². The zero-order chi connectivity index (χ0) is 14.9. The molecule has 6 nitrogen and oxygen atoms in total. The first-order valence-electron chi connectivity index (χ1n) is 6.55. The monoisotopic (exact) mass is 310 g/mol. The van der Waals surface area contributed by atoms with Crippen LogP contribution in [0.25, 0.3) is 22.6 Å². The van der Waals surface area contributed by atoms with Crippen LogP contribution in [0.3, 0.4) is 0 Å². The van der Waals surface area contributed by atoms with Crippen LogP contribution in [0.5, 0.6) is 0 Å². The summed E-state index contributed by atoms with van der Waals surface area (Å²) in [4.78, 5) is 24.1. The van der Waals surface area contributed by atoms with Gasteiger partial charge in [0.25, 0.3) is 5.91 Å². The summed E-state index contributed by atoms with van der Waals surface area (Å²) in [6.07, 6.45) is 3.23. The van der Waals surface area contributed by atoms with Crippen molar-refractivity contribution in [3.63, 3.8) is 0 Å². The van der Waals surface area contributed by atoms with E-state index in [1.807, 2.05) is 18.2 Å². The van der Waals surface area contributed by atoms with E-state index in [4.69, 9.17) is 4.42 Å². The Morgan fingerprint density at radius 3 is 3.00 bits per heavy atom. The number of fused-ring (bicyclic) bond motifs is 1. The van der Waals surface area contributed by atoms with Crippen LogP contribution in [0, 0.1) is 0 Å². The number of benzene rings is 1. The molecule has 22 heavy (non-hydrogen) atoms. The predicted octanol–water partition coefficient (Wildman–Crippen LogP) is 3.53. The molecule has 0 aliphatic heterocycles. The van der Waals surface area contributed by atoms with Gasteiger partial charge in [-0.3, -0.25) is 10.1 Å². The highest BCUT2D eigenvalue weighted by Gasteiger charge is 2.16. The average molecular weight is 310 g/mol. The Bertz CT molecular complexity index is 926. The number of para-hydroxylation sites is 1. The first kappa shape index (κ1) is 12.8. The summed E-state index contributed by atoms with van der Waals surface area (Å²) in [5.41, 5.74) is 1.86. The highest BCUT2D eigenvalue weighted by molar-refractivity contribution is 7.13. The van der Waals surface area contributed by atoms with Gasteiger partial charge >= 0.3 is 0 Å². The van der Waals surface area contributed by atoms with Crippen molar-refractivity contribution in [2.45, 2.75) is 0 Å². The summed E-state index contributed by atoms with van der Waals surface area (Å²) in [6.45, 7) is 0. The number of rotatable bonds is 3. The molecule has 0 saturated carbocycles. The normalized spacial score (nSPS) is 10.9. The van der Waals surface area contributed by atoms with Gasteiger partial charge in [-0.05, 0) is 24.3 Å². The standard InChI is InChI=1S/C15H10N4O2S/c20-14(19-15-16-6-8-22-15)9-3-1-4-10-12(9)18-13(17-10)11-5-2-7-21-11/h1-8H,(H,17,18)(H,16,19,20). The van der Waals surface area contributed by atoms with E-state index in [0.717, 1.165) is 5.52 Å². The number of hydrogen-bond acceptors (Lipinski definition) is 5. The number of aromatic nitrogens is 3. The maximum atomic E-state index is 12.4. The Labute approximate surface area is 128 Å². The van der Waals surface area contributed by atoms with Crippen LogP contribution >= 0.6 is 11.3 Å². The minimum Gasteiger partial charge on any atom is -0.461 e. The number of hydrogen-bond donors (Lipinski definition) is 2. The molecule has 4 rings (SSSR count). The molecule has 0 fully saturated rings. The maximum absolute atomic E-state index is 12.4. The Morgan fingerprint density at radius 2 is 2.23 bits per heavy atom. The van der Waals surface area contributed by atoms with E-state index in [-0.39, 0.29) is 5.91 Å². The van der Waals surface area contributed by atoms with Crippen LogP contribution in [0.15, 0.2) is 52.6 Å². The van der Waals surface area contributed by atoms with Gasteiger partial charge in [-0.1, -0.05) is 6.07 Å². The highest BCUT2D eigenvalue weighted by atomic mass is 32.1. The van der Waals surface area contributed by atoms with E-state index in [2.05, 4.69) is 20.3 Å². The topological polar surface area (TPSA) is 83.8 Å². The molecule has 1 aromatic carbocycles. The van der Waals surface area contributed by atoms with Gasteiger partial charge in [0.2, 0.25) is 0 Å². The molecule has 0 unspecified atom stereocenters. The average Bonchev–Trinajstić information content (AvgIpc) is 3.26. The van der Waals surface area contributed by atoms with E-state index in [9.17, 15) is 4.79 Å². The number of imidazole rings is 1. The second-order valence-electron chi connectivity index (χ2n) is 4.56. The Kier molecular flexibility index (Phi) is 2.97. The third-order valence-electron chi connectivity index (χ3n) is 3.16. The van der Waals surface area contributed by atoms with Gasteiger partial charge in [0.05, 0.1) is 17.3 Å². The molecule has 3 heterocycles. The molecule has 0 spiro atoms. The number of carbonyl (C=O) groups excluding carboxylic acids is 1. The molecule has 0 atom stereocenters. The molecule has 0 saturated heterocycles. The smallest absolute Gasteiger partial charge is 0.259 e. The second-order valence-corrected chi connectivity index (χ2v) is 5.45. The van der Waals surface area contributed by atoms with Crippen molar-refractivity contribution < 1.29 is 9.21 Å². The van der Waals surface area contributed by atoms with Crippen LogP contribution in [-0.2, 0) is 0 Å². The second kappa shape index (κ2) is 5.12. The highest BCUT2D eigenvalue weighted by Crippen LogP contribution is 2.24. The maximum Gasteiger partial charge on any atom is 0.259 e. The van der Waals surface area contributed by atoms with E-state index in [0.29, 0.717) is 27.8 Å². The van der Waals surface area contributed by atoms with Crippen molar-refractivity contribution in [2.24, 2.45) is 0 Å². The summed E-state index contributed by atoms with van der Waals surface area (Å²) in [7, 11) is 0. The lowest BCUT2D eigenvalue weighted by Gasteiger charge is -2.02. The SMILES string of the molecule is O=C(Nc1nccs1)c1cccc2[nH]c(-c3ccco3)nc12. The lowest BCUT2D eigenvalue weighted by Crippen LogP contribution is -2.12.